The van der Waals surface area contributed by atoms with Gasteiger partial charge in [0.1, 0.15) is 4.75 Å². The van der Waals surface area contributed by atoms with Gasteiger partial charge in [0.15, 0.2) is 9.84 Å². The van der Waals surface area contributed by atoms with E-state index >= 15 is 0 Å². The lowest BCUT2D eigenvalue weighted by Gasteiger charge is -2.33. The summed E-state index contributed by atoms with van der Waals surface area (Å²) in [6, 6.07) is 6.35. The summed E-state index contributed by atoms with van der Waals surface area (Å²) in [4.78, 5) is 25.9. The summed E-state index contributed by atoms with van der Waals surface area (Å²) in [5, 5.41) is 9.25. The number of carboxylic acid groups (broad SMARTS) is 1. The molecule has 1 aliphatic carbocycles. The highest BCUT2D eigenvalue weighted by Crippen LogP contribution is 2.54. The maximum absolute atomic E-state index is 14.7. The fourth-order valence-corrected chi connectivity index (χ4v) is 8.19. The number of rotatable bonds is 6. The Hall–Kier alpha value is -3.16. The molecule has 1 heterocycles. The quantitative estimate of drug-likeness (QED) is 0.371. The number of carboxylic acids is 1. The van der Waals surface area contributed by atoms with Crippen LogP contribution >= 0.6 is 0 Å². The summed E-state index contributed by atoms with van der Waals surface area (Å²) in [7, 11) is -4.42. The van der Waals surface area contributed by atoms with Crippen LogP contribution in [-0.2, 0) is 29.8 Å². The van der Waals surface area contributed by atoms with Crippen molar-refractivity contribution < 1.29 is 53.8 Å². The molecule has 2 aromatic carbocycles. The van der Waals surface area contributed by atoms with Crippen molar-refractivity contribution in [1.82, 2.24) is 4.90 Å². The Kier molecular flexibility index (Phi) is 8.44. The number of hydrogen-bond acceptors (Lipinski definition) is 4. The van der Waals surface area contributed by atoms with E-state index < -0.39 is 68.4 Å². The second-order valence-corrected chi connectivity index (χ2v) is 13.6. The van der Waals surface area contributed by atoms with Crippen molar-refractivity contribution in [2.75, 3.05) is 13.1 Å². The van der Waals surface area contributed by atoms with Crippen LogP contribution in [0.5, 0.6) is 0 Å². The first-order chi connectivity index (χ1) is 19.8. The van der Waals surface area contributed by atoms with Crippen molar-refractivity contribution >= 4 is 21.7 Å². The molecule has 43 heavy (non-hydrogen) atoms. The average Bonchev–Trinajstić information content (AvgIpc) is 3.40. The Morgan fingerprint density at radius 1 is 0.837 bits per heavy atom. The Labute approximate surface area is 243 Å². The molecule has 14 heteroatoms. The van der Waals surface area contributed by atoms with Crippen molar-refractivity contribution in [1.29, 1.82) is 0 Å². The van der Waals surface area contributed by atoms with Gasteiger partial charge in [-0.05, 0) is 74.8 Å². The molecule has 0 radical (unpaired) electrons. The number of halogens is 7. The molecule has 0 aromatic heterocycles. The van der Waals surface area contributed by atoms with Gasteiger partial charge in [-0.1, -0.05) is 30.3 Å². The number of aliphatic carboxylic acids is 1. The van der Waals surface area contributed by atoms with Crippen molar-refractivity contribution in [3.63, 3.8) is 0 Å². The predicted octanol–water partition coefficient (Wildman–Crippen LogP) is 6.39. The second-order valence-electron chi connectivity index (χ2n) is 11.4. The topological polar surface area (TPSA) is 91.8 Å². The van der Waals surface area contributed by atoms with Crippen LogP contribution in [-0.4, -0.2) is 55.7 Å². The van der Waals surface area contributed by atoms with Gasteiger partial charge in [0.2, 0.25) is 5.91 Å². The van der Waals surface area contributed by atoms with E-state index in [2.05, 4.69) is 0 Å². The third-order valence-electron chi connectivity index (χ3n) is 8.86. The number of aryl methyl sites for hydroxylation is 2. The Morgan fingerprint density at radius 2 is 1.37 bits per heavy atom. The molecule has 2 aromatic rings. The molecule has 0 bridgehead atoms. The zero-order chi connectivity index (χ0) is 32.2. The molecule has 1 saturated heterocycles. The van der Waals surface area contributed by atoms with Crippen LogP contribution in [0.2, 0.25) is 0 Å². The molecule has 1 amide bonds. The molecule has 1 N–H and O–H groups in total. The standard InChI is InChI=1S/C29H30F7NO5S/c1-17-3-12-23(15-18(17)2)43(41,42)26(13-14-37(16-26)24(38)19-4-6-20(7-5-19)25(39)40)21-8-10-22(11-9-21)27(30,28(31,32)33)29(34,35)36/h3,8-12,15,19-20H,4-7,13-14,16H2,1-2H3,(H,39,40)/t19-,20-,26-/m0/s1. The maximum atomic E-state index is 14.7. The lowest BCUT2D eigenvalue weighted by Crippen LogP contribution is -2.50. The van der Waals surface area contributed by atoms with Gasteiger partial charge in [0, 0.05) is 24.6 Å². The van der Waals surface area contributed by atoms with Gasteiger partial charge >= 0.3 is 24.0 Å². The number of likely N-dealkylation sites (tertiary alicyclic amines) is 1. The first kappa shape index (κ1) is 32.7. The number of carbonyl (C=O) groups excluding carboxylic acids is 1. The van der Waals surface area contributed by atoms with Crippen molar-refractivity contribution in [2.24, 2.45) is 11.8 Å². The maximum Gasteiger partial charge on any atom is 0.435 e. The predicted molar refractivity (Wildman–Crippen MR) is 140 cm³/mol. The number of alkyl halides is 7. The average molecular weight is 638 g/mol. The van der Waals surface area contributed by atoms with E-state index in [1.807, 2.05) is 0 Å². The summed E-state index contributed by atoms with van der Waals surface area (Å²) in [6.45, 7) is 2.89. The van der Waals surface area contributed by atoms with Crippen LogP contribution in [0.25, 0.3) is 0 Å². The molecule has 236 valence electrons. The number of benzene rings is 2. The zero-order valence-electron chi connectivity index (χ0n) is 23.2. The molecule has 0 unspecified atom stereocenters. The molecule has 6 nitrogen and oxygen atoms in total. The number of nitrogens with zero attached hydrogens (tertiary/aromatic N) is 1. The molecule has 1 atom stereocenters. The molecule has 4 rings (SSSR count). The van der Waals surface area contributed by atoms with Crippen LogP contribution < -0.4 is 0 Å². The van der Waals surface area contributed by atoms with Crippen molar-refractivity contribution in [3.8, 4) is 0 Å². The highest BCUT2D eigenvalue weighted by atomic mass is 32.2. The first-order valence-electron chi connectivity index (χ1n) is 13.5. The molecule has 1 aliphatic heterocycles. The number of amides is 1. The third-order valence-corrected chi connectivity index (χ3v) is 11.3. The Morgan fingerprint density at radius 3 is 1.86 bits per heavy atom. The van der Waals surface area contributed by atoms with E-state index in [0.717, 1.165) is 17.7 Å². The zero-order valence-corrected chi connectivity index (χ0v) is 24.0. The van der Waals surface area contributed by atoms with Gasteiger partial charge in [-0.15, -0.1) is 0 Å². The van der Waals surface area contributed by atoms with E-state index in [9.17, 15) is 53.8 Å². The lowest BCUT2D eigenvalue weighted by atomic mass is 9.81. The summed E-state index contributed by atoms with van der Waals surface area (Å²) in [6.07, 6.45) is -11.8. The van der Waals surface area contributed by atoms with Crippen LogP contribution in [0.1, 0.15) is 54.4 Å². The van der Waals surface area contributed by atoms with Crippen LogP contribution in [0.15, 0.2) is 47.4 Å². The summed E-state index contributed by atoms with van der Waals surface area (Å²) < 4.78 is 121. The lowest BCUT2D eigenvalue weighted by molar-refractivity contribution is -0.348. The summed E-state index contributed by atoms with van der Waals surface area (Å²) >= 11 is 0. The van der Waals surface area contributed by atoms with Crippen molar-refractivity contribution in [2.45, 2.75) is 73.6 Å². The highest BCUT2D eigenvalue weighted by Gasteiger charge is 2.73. The molecular weight excluding hydrogens is 607 g/mol. The largest absolute Gasteiger partial charge is 0.481 e. The number of sulfone groups is 1. The van der Waals surface area contributed by atoms with Crippen molar-refractivity contribution in [3.05, 3.63) is 64.7 Å². The Balaban J connectivity index is 1.77. The van der Waals surface area contributed by atoms with Crippen LogP contribution in [0.3, 0.4) is 0 Å². The fourth-order valence-electron chi connectivity index (χ4n) is 6.02. The minimum Gasteiger partial charge on any atom is -0.481 e. The fraction of sp³-hybridized carbons (Fsp3) is 0.517. The summed E-state index contributed by atoms with van der Waals surface area (Å²) in [5.41, 5.74) is -6.24. The minimum atomic E-state index is -6.34. The minimum absolute atomic E-state index is 0.0817. The normalized spacial score (nSPS) is 23.8. The van der Waals surface area contributed by atoms with Crippen LogP contribution in [0, 0.1) is 25.7 Å². The highest BCUT2D eigenvalue weighted by molar-refractivity contribution is 7.92. The van der Waals surface area contributed by atoms with Gasteiger partial charge in [0.25, 0.3) is 0 Å². The molecule has 2 aliphatic rings. The van der Waals surface area contributed by atoms with Gasteiger partial charge < -0.3 is 10.0 Å². The first-order valence-corrected chi connectivity index (χ1v) is 15.0. The molecule has 1 saturated carbocycles. The second kappa shape index (κ2) is 11.1. The summed E-state index contributed by atoms with van der Waals surface area (Å²) in [5.74, 6) is -2.54. The van der Waals surface area contributed by atoms with E-state index in [0.29, 0.717) is 5.56 Å². The van der Waals surface area contributed by atoms with Crippen LogP contribution in [0.4, 0.5) is 30.7 Å². The van der Waals surface area contributed by atoms with E-state index in [1.54, 1.807) is 19.9 Å². The van der Waals surface area contributed by atoms with Gasteiger partial charge in [-0.2, -0.15) is 26.3 Å². The number of carbonyl (C=O) groups is 2. The van der Waals surface area contributed by atoms with Gasteiger partial charge in [-0.3, -0.25) is 9.59 Å². The smallest absolute Gasteiger partial charge is 0.435 e. The molecule has 2 fully saturated rings. The molecule has 0 spiro atoms. The number of hydrogen-bond donors (Lipinski definition) is 1. The molecular formula is C29H30F7NO5S. The van der Waals surface area contributed by atoms with Gasteiger partial charge in [0.05, 0.1) is 10.8 Å². The van der Waals surface area contributed by atoms with E-state index in [-0.39, 0.29) is 61.2 Å². The third kappa shape index (κ3) is 5.51. The monoisotopic (exact) mass is 637 g/mol. The SMILES string of the molecule is Cc1ccc(S(=O)(=O)[C@@]2(c3ccc(C(F)(C(F)(F)F)C(F)(F)F)cc3)CCN(C(=O)[C@H]3CC[C@H](C(=O)O)CC3)C2)cc1C. The Bertz CT molecular complexity index is 1480. The van der Waals surface area contributed by atoms with E-state index in [1.165, 1.54) is 17.0 Å². The van der Waals surface area contributed by atoms with Gasteiger partial charge in [-0.25, -0.2) is 12.8 Å². The van der Waals surface area contributed by atoms with E-state index in [4.69, 9.17) is 0 Å².